The number of fused-ring (bicyclic) bond motifs is 18. The van der Waals surface area contributed by atoms with Crippen LogP contribution in [-0.2, 0) is 10.8 Å². The van der Waals surface area contributed by atoms with E-state index in [0.29, 0.717) is 32.0 Å². The summed E-state index contributed by atoms with van der Waals surface area (Å²) in [6.45, 7) is 0. The largest absolute Gasteiger partial charge is 0.457 e. The first-order chi connectivity index (χ1) is 67.5. The van der Waals surface area contributed by atoms with Crippen molar-refractivity contribution in [2.45, 2.75) is 47.6 Å². The van der Waals surface area contributed by atoms with Gasteiger partial charge in [-0.15, -0.1) is 0 Å². The minimum atomic E-state index is -0.571. The smallest absolute Gasteiger partial charge is 0.200 e. The van der Waals surface area contributed by atoms with Crippen molar-refractivity contribution in [2.75, 3.05) is 15.1 Å². The van der Waals surface area contributed by atoms with Gasteiger partial charge in [0.15, 0.2) is 0 Å². The van der Waals surface area contributed by atoms with Crippen molar-refractivity contribution in [3.05, 3.63) is 567 Å². The number of ether oxygens (including phenoxy) is 2. The van der Waals surface area contributed by atoms with Crippen LogP contribution in [0, 0.1) is 0 Å². The van der Waals surface area contributed by atoms with E-state index in [9.17, 15) is 4.79 Å². The van der Waals surface area contributed by atoms with Crippen LogP contribution in [0.4, 0.5) is 28.4 Å². The van der Waals surface area contributed by atoms with E-state index < -0.39 is 10.8 Å². The predicted octanol–water partition coefficient (Wildman–Crippen LogP) is 37.4. The first-order valence-electron chi connectivity index (χ1n) is 44.9. The van der Waals surface area contributed by atoms with E-state index in [0.717, 1.165) is 78.2 Å². The summed E-state index contributed by atoms with van der Waals surface area (Å²) in [5.41, 5.74) is 24.9. The molecule has 13 heteroatoms. The molecule has 2 spiro atoms. The minimum Gasteiger partial charge on any atom is -0.457 e. The van der Waals surface area contributed by atoms with E-state index in [1.54, 1.807) is 42.1 Å². The van der Waals surface area contributed by atoms with Gasteiger partial charge in [-0.25, -0.2) is 0 Å². The van der Waals surface area contributed by atoms with Crippen molar-refractivity contribution in [3.8, 4) is 67.5 Å². The molecule has 6 nitrogen and oxygen atoms in total. The van der Waals surface area contributed by atoms with Gasteiger partial charge in [0.1, 0.15) is 34.2 Å². The second kappa shape index (κ2) is 42.7. The van der Waals surface area contributed by atoms with Gasteiger partial charge in [-0.05, 0) is 264 Å². The standard InChI is InChI=1S/C49H33NOS.C25H15ClOS.C24H19N.C13H7ClO2.C12H9BrS.CH3I.CH4/c1-3-13-34(14-4-1)36-23-27-38(28-24-36)50(39-29-25-37(26-30-39)35-15-5-2-6-16-35)40-31-32-46-44(33-40)49(41-17-7-10-20-45(41)51-46)42-18-8-11-21-47(42)52-48-22-12-9-19-43(48)49;26-16-13-14-22-20(15-16)25(17-7-1-4-10-21(17)27-22)18-8-2-5-11-23(18)28-24-12-6-3-9-19(24)25;1-3-7-19(8-4-1)21-11-15-23(16-12-21)25-24-17-13-22(14-18-24)20-9-5-2-6-10-20;14-8-5-6-12-10(7-8)13(15)9-3-1-2-4-11(9)16-12;13-11-8-4-5-9-12(11)14-10-6-2-1-3-7-10;1-2;/h1-33H;1-15H;1-18,25H;1-7H;1-9H;1H3;1H4. The Morgan fingerprint density at radius 2 is 0.616 bits per heavy atom. The number of nitrogens with zero attached hydrogens (tertiary/aromatic N) is 1. The van der Waals surface area contributed by atoms with Gasteiger partial charge in [0.25, 0.3) is 0 Å². The highest BCUT2D eigenvalue weighted by Gasteiger charge is 2.51. The molecule has 0 amide bonds. The topological polar surface area (TPSA) is 63.9 Å². The fourth-order valence-electron chi connectivity index (χ4n) is 18.5. The summed E-state index contributed by atoms with van der Waals surface area (Å²) in [5.74, 6) is 3.52. The number of nitrogens with one attached hydrogen (secondary N) is 1. The molecule has 0 fully saturated rings. The molecule has 138 heavy (non-hydrogen) atoms. The molecule has 0 saturated heterocycles. The Kier molecular flexibility index (Phi) is 28.7. The summed E-state index contributed by atoms with van der Waals surface area (Å²) in [7, 11) is 0. The highest BCUT2D eigenvalue weighted by Crippen LogP contribution is 2.64. The quantitative estimate of drug-likeness (QED) is 0.0775. The SMILES string of the molecule is Brc1ccccc1Sc1ccccc1.C.CI.Clc1ccc2c(c1)C1(c3ccccc3O2)c2ccccc2Sc2ccccc21.O=c1c2ccccc2oc2ccc(Cl)cc12.c1ccc(-c2ccc(N(c3ccc(-c4ccccc4)cc3)c3ccc4c(c3)C3(c5ccccc5O4)c4ccccc4Sc4ccccc43)cc2)cc1.c1ccc(-c2ccc(Nc3ccc(-c4ccccc4)cc3)cc2)cc1. The van der Waals surface area contributed by atoms with Gasteiger partial charge in [-0.2, -0.15) is 0 Å². The molecule has 0 atom stereocenters. The maximum Gasteiger partial charge on any atom is 0.200 e. The Hall–Kier alpha value is -14.1. The maximum absolute atomic E-state index is 12.1. The Balaban J connectivity index is 0.000000120. The molecule has 1 N–H and O–H groups in total. The van der Waals surface area contributed by atoms with Crippen molar-refractivity contribution in [2.24, 2.45) is 0 Å². The van der Waals surface area contributed by atoms with Gasteiger partial charge in [-0.3, -0.25) is 4.79 Å². The van der Waals surface area contributed by atoms with Crippen LogP contribution in [0.3, 0.4) is 0 Å². The lowest BCUT2D eigenvalue weighted by Gasteiger charge is -2.45. The highest BCUT2D eigenvalue weighted by molar-refractivity contribution is 14.1. The molecular weight excluding hydrogens is 1970 g/mol. The van der Waals surface area contributed by atoms with Gasteiger partial charge >= 0.3 is 0 Å². The van der Waals surface area contributed by atoms with E-state index >= 15 is 0 Å². The average molecular weight is 2060 g/mol. The number of alkyl halides is 1. The number of hydrogen-bond acceptors (Lipinski definition) is 9. The molecule has 4 aliphatic heterocycles. The number of rotatable bonds is 11. The fraction of sp³-hybridized carbons (Fsp3) is 0.0320. The van der Waals surface area contributed by atoms with Crippen LogP contribution in [0.15, 0.2) is 540 Å². The van der Waals surface area contributed by atoms with E-state index in [-0.39, 0.29) is 12.9 Å². The zero-order chi connectivity index (χ0) is 93.0. The van der Waals surface area contributed by atoms with Gasteiger partial charge in [0.05, 0.1) is 21.6 Å². The van der Waals surface area contributed by atoms with Crippen LogP contribution in [0.25, 0.3) is 66.4 Å². The van der Waals surface area contributed by atoms with Gasteiger partial charge < -0.3 is 24.1 Å². The number of para-hydroxylation sites is 3. The summed E-state index contributed by atoms with van der Waals surface area (Å²) in [4.78, 5) is 24.0. The zero-order valence-electron chi connectivity index (χ0n) is 74.2. The van der Waals surface area contributed by atoms with Gasteiger partial charge in [0, 0.05) is 94.6 Å². The van der Waals surface area contributed by atoms with E-state index in [2.05, 4.69) is 461 Å². The second-order valence-corrected chi connectivity index (χ2v) is 37.8. The maximum atomic E-state index is 12.1. The van der Waals surface area contributed by atoms with Crippen molar-refractivity contribution < 1.29 is 13.9 Å². The molecule has 5 heterocycles. The third-order valence-electron chi connectivity index (χ3n) is 24.7. The summed E-state index contributed by atoms with van der Waals surface area (Å²) in [6.07, 6.45) is 0. The molecule has 0 saturated carbocycles. The lowest BCUT2D eigenvalue weighted by Crippen LogP contribution is -2.36. The molecular formula is C125H90BrCl2IN2O4S3. The van der Waals surface area contributed by atoms with Crippen LogP contribution in [0.2, 0.25) is 10.0 Å². The first kappa shape index (κ1) is 93.0. The third-order valence-corrected chi connectivity index (χ3v) is 29.5. The molecule has 0 unspecified atom stereocenters. The number of halogens is 4. The van der Waals surface area contributed by atoms with Crippen molar-refractivity contribution in [1.82, 2.24) is 0 Å². The molecule has 0 radical (unpaired) electrons. The fourth-order valence-corrected chi connectivity index (χ4v) is 22.6. The number of hydrogen-bond donors (Lipinski definition) is 1. The summed E-state index contributed by atoms with van der Waals surface area (Å²) in [6, 6.07) is 172. The van der Waals surface area contributed by atoms with Crippen LogP contribution in [0.5, 0.6) is 23.0 Å². The Morgan fingerprint density at radius 3 is 1.06 bits per heavy atom. The molecule has 20 aromatic carbocycles. The van der Waals surface area contributed by atoms with Crippen LogP contribution in [-0.4, -0.2) is 4.93 Å². The molecule has 21 aromatic rings. The normalized spacial score (nSPS) is 12.3. The third kappa shape index (κ3) is 19.2. The summed E-state index contributed by atoms with van der Waals surface area (Å²) < 4.78 is 19.9. The van der Waals surface area contributed by atoms with Gasteiger partial charge in [-0.1, -0.05) is 410 Å². The second-order valence-electron chi connectivity index (χ2n) is 32.8. The Labute approximate surface area is 850 Å². The van der Waals surface area contributed by atoms with Crippen molar-refractivity contribution >= 4 is 147 Å². The molecule has 4 aliphatic rings. The highest BCUT2D eigenvalue weighted by atomic mass is 127. The molecule has 25 rings (SSSR count). The Bertz CT molecular complexity index is 7560. The lowest BCUT2D eigenvalue weighted by molar-refractivity contribution is 0.431. The summed E-state index contributed by atoms with van der Waals surface area (Å²) >= 11 is 23.5. The lowest BCUT2D eigenvalue weighted by atomic mass is 9.63. The molecule has 0 bridgehead atoms. The predicted molar refractivity (Wildman–Crippen MR) is 592 cm³/mol. The minimum absolute atomic E-state index is 0. The van der Waals surface area contributed by atoms with Crippen LogP contribution >= 0.6 is 97.0 Å². The number of anilines is 5. The Morgan fingerprint density at radius 1 is 0.297 bits per heavy atom. The van der Waals surface area contributed by atoms with Crippen LogP contribution < -0.4 is 25.1 Å². The van der Waals surface area contributed by atoms with E-state index in [1.165, 1.54) is 96.1 Å². The van der Waals surface area contributed by atoms with E-state index in [1.807, 2.05) is 83.1 Å². The molecule has 0 aliphatic carbocycles. The number of benzene rings is 20. The summed E-state index contributed by atoms with van der Waals surface area (Å²) in [5, 5.41) is 5.82. The van der Waals surface area contributed by atoms with Crippen molar-refractivity contribution in [1.29, 1.82) is 0 Å². The molecule has 1 aromatic heterocycles. The van der Waals surface area contributed by atoms with E-state index in [4.69, 9.17) is 37.1 Å². The zero-order valence-corrected chi connectivity index (χ0v) is 81.9. The van der Waals surface area contributed by atoms with Gasteiger partial charge in [0.2, 0.25) is 5.43 Å². The molecule has 670 valence electrons. The van der Waals surface area contributed by atoms with Crippen LogP contribution in [0.1, 0.15) is 51.9 Å². The first-order valence-corrected chi connectivity index (χ1v) is 51.1. The average Bonchev–Trinajstić information content (AvgIpc) is 0.688. The monoisotopic (exact) mass is 2050 g/mol. The van der Waals surface area contributed by atoms with Crippen molar-refractivity contribution in [3.63, 3.8) is 0 Å².